The number of hydrogen-bond donors (Lipinski definition) is 1. The highest BCUT2D eigenvalue weighted by molar-refractivity contribution is 9.10. The first-order valence-corrected chi connectivity index (χ1v) is 6.75. The molecule has 1 N–H and O–H groups in total. The van der Waals surface area contributed by atoms with Crippen molar-refractivity contribution in [2.75, 3.05) is 19.8 Å². The summed E-state index contributed by atoms with van der Waals surface area (Å²) in [7, 11) is 0. The molecule has 1 aromatic carbocycles. The summed E-state index contributed by atoms with van der Waals surface area (Å²) >= 11 is 3.40. The molecular weight excluding hydrogens is 300 g/mol. The molecule has 102 valence electrons. The van der Waals surface area contributed by atoms with E-state index in [1.807, 2.05) is 32.0 Å². The van der Waals surface area contributed by atoms with Crippen LogP contribution in [0.4, 0.5) is 0 Å². The topological polar surface area (TPSA) is 47.9 Å². The van der Waals surface area contributed by atoms with Gasteiger partial charge in [0.25, 0.3) is 0 Å². The van der Waals surface area contributed by atoms with Crippen molar-refractivity contribution in [2.45, 2.75) is 26.7 Å². The molecular formula is C13H19BrO4. The van der Waals surface area contributed by atoms with Crippen molar-refractivity contribution in [1.82, 2.24) is 0 Å². The van der Waals surface area contributed by atoms with Crippen molar-refractivity contribution in [3.63, 3.8) is 0 Å². The van der Waals surface area contributed by atoms with Crippen LogP contribution in [0, 0.1) is 0 Å². The van der Waals surface area contributed by atoms with E-state index in [9.17, 15) is 0 Å². The number of hydrogen-bond acceptors (Lipinski definition) is 4. The molecule has 0 spiro atoms. The second-order valence-corrected chi connectivity index (χ2v) is 4.43. The molecule has 0 bridgehead atoms. The van der Waals surface area contributed by atoms with Gasteiger partial charge in [0.05, 0.1) is 11.1 Å². The summed E-state index contributed by atoms with van der Waals surface area (Å²) < 4.78 is 17.2. The molecule has 0 aliphatic rings. The Morgan fingerprint density at radius 2 is 1.89 bits per heavy atom. The standard InChI is InChI=1S/C13H19BrO4/c1-3-16-13(17-4-2)9-18-12-6-5-10(8-15)7-11(12)14/h5-7,13,15H,3-4,8-9H2,1-2H3. The fraction of sp³-hybridized carbons (Fsp3) is 0.538. The molecule has 0 atom stereocenters. The van der Waals surface area contributed by atoms with Gasteiger partial charge in [0.15, 0.2) is 6.29 Å². The highest BCUT2D eigenvalue weighted by Crippen LogP contribution is 2.26. The van der Waals surface area contributed by atoms with Gasteiger partial charge >= 0.3 is 0 Å². The van der Waals surface area contributed by atoms with Gasteiger partial charge < -0.3 is 19.3 Å². The third-order valence-electron chi connectivity index (χ3n) is 2.26. The quantitative estimate of drug-likeness (QED) is 0.749. The van der Waals surface area contributed by atoms with Crippen LogP contribution in [0.1, 0.15) is 19.4 Å². The zero-order chi connectivity index (χ0) is 13.4. The maximum absolute atomic E-state index is 9.01. The average Bonchev–Trinajstić information content (AvgIpc) is 2.37. The van der Waals surface area contributed by atoms with Crippen molar-refractivity contribution < 1.29 is 19.3 Å². The predicted molar refractivity (Wildman–Crippen MR) is 72.6 cm³/mol. The van der Waals surface area contributed by atoms with Crippen LogP contribution in [0.15, 0.2) is 22.7 Å². The van der Waals surface area contributed by atoms with E-state index in [0.29, 0.717) is 25.6 Å². The Kier molecular flexibility index (Phi) is 7.27. The van der Waals surface area contributed by atoms with Crippen molar-refractivity contribution >= 4 is 15.9 Å². The summed E-state index contributed by atoms with van der Waals surface area (Å²) in [6.45, 7) is 5.34. The van der Waals surface area contributed by atoms with E-state index in [-0.39, 0.29) is 12.9 Å². The van der Waals surface area contributed by atoms with Crippen molar-refractivity contribution in [3.05, 3.63) is 28.2 Å². The van der Waals surface area contributed by atoms with Crippen LogP contribution in [-0.2, 0) is 16.1 Å². The minimum Gasteiger partial charge on any atom is -0.487 e. The van der Waals surface area contributed by atoms with Gasteiger partial charge in [-0.2, -0.15) is 0 Å². The molecule has 0 saturated carbocycles. The SMILES string of the molecule is CCOC(COc1ccc(CO)cc1Br)OCC. The summed E-state index contributed by atoms with van der Waals surface area (Å²) in [6, 6.07) is 5.45. The molecule has 4 nitrogen and oxygen atoms in total. The van der Waals surface area contributed by atoms with Gasteiger partial charge in [-0.05, 0) is 47.5 Å². The molecule has 0 aliphatic carbocycles. The lowest BCUT2D eigenvalue weighted by Crippen LogP contribution is -2.25. The van der Waals surface area contributed by atoms with Crippen LogP contribution in [0.5, 0.6) is 5.75 Å². The molecule has 0 radical (unpaired) electrons. The molecule has 1 aromatic rings. The van der Waals surface area contributed by atoms with Crippen molar-refractivity contribution in [1.29, 1.82) is 0 Å². The van der Waals surface area contributed by atoms with Gasteiger partial charge in [-0.25, -0.2) is 0 Å². The fourth-order valence-corrected chi connectivity index (χ4v) is 1.97. The van der Waals surface area contributed by atoms with Crippen LogP contribution in [0.25, 0.3) is 0 Å². The summed E-state index contributed by atoms with van der Waals surface area (Å²) in [5, 5.41) is 9.01. The molecule has 0 heterocycles. The normalized spacial score (nSPS) is 10.9. The minimum atomic E-state index is -0.357. The minimum absolute atomic E-state index is 0.0133. The summed E-state index contributed by atoms with van der Waals surface area (Å²) in [6.07, 6.45) is -0.357. The van der Waals surface area contributed by atoms with E-state index in [1.54, 1.807) is 0 Å². The van der Waals surface area contributed by atoms with Gasteiger partial charge in [-0.1, -0.05) is 6.07 Å². The van der Waals surface area contributed by atoms with Gasteiger partial charge in [0, 0.05) is 13.2 Å². The predicted octanol–water partition coefficient (Wildman–Crippen LogP) is 2.72. The smallest absolute Gasteiger partial charge is 0.191 e. The zero-order valence-corrected chi connectivity index (χ0v) is 12.3. The monoisotopic (exact) mass is 318 g/mol. The lowest BCUT2D eigenvalue weighted by Gasteiger charge is -2.18. The number of ether oxygens (including phenoxy) is 3. The number of aliphatic hydroxyl groups is 1. The number of halogens is 1. The Bertz CT molecular complexity index is 351. The lowest BCUT2D eigenvalue weighted by molar-refractivity contribution is -0.152. The summed E-state index contributed by atoms with van der Waals surface area (Å²) in [5.41, 5.74) is 0.834. The van der Waals surface area contributed by atoms with Crippen LogP contribution in [-0.4, -0.2) is 31.2 Å². The van der Waals surface area contributed by atoms with Crippen molar-refractivity contribution in [2.24, 2.45) is 0 Å². The van der Waals surface area contributed by atoms with Crippen LogP contribution >= 0.6 is 15.9 Å². The highest BCUT2D eigenvalue weighted by Gasteiger charge is 2.10. The van der Waals surface area contributed by atoms with E-state index >= 15 is 0 Å². The summed E-state index contributed by atoms with van der Waals surface area (Å²) in [4.78, 5) is 0. The molecule has 0 aromatic heterocycles. The maximum atomic E-state index is 9.01. The Morgan fingerprint density at radius 3 is 2.39 bits per heavy atom. The van der Waals surface area contributed by atoms with Crippen LogP contribution in [0.3, 0.4) is 0 Å². The van der Waals surface area contributed by atoms with Gasteiger partial charge in [-0.3, -0.25) is 0 Å². The summed E-state index contributed by atoms with van der Waals surface area (Å²) in [5.74, 6) is 0.705. The number of aliphatic hydroxyl groups excluding tert-OH is 1. The first-order chi connectivity index (χ1) is 8.71. The first kappa shape index (κ1) is 15.4. The Morgan fingerprint density at radius 1 is 1.22 bits per heavy atom. The molecule has 5 heteroatoms. The third-order valence-corrected chi connectivity index (χ3v) is 2.88. The van der Waals surface area contributed by atoms with E-state index in [0.717, 1.165) is 10.0 Å². The number of rotatable bonds is 8. The van der Waals surface area contributed by atoms with Crippen LogP contribution in [0.2, 0.25) is 0 Å². The van der Waals surface area contributed by atoms with Gasteiger partial charge in [0.2, 0.25) is 0 Å². The van der Waals surface area contributed by atoms with E-state index in [1.165, 1.54) is 0 Å². The Labute approximate surface area is 116 Å². The van der Waals surface area contributed by atoms with Crippen LogP contribution < -0.4 is 4.74 Å². The third kappa shape index (κ3) is 4.94. The van der Waals surface area contributed by atoms with Gasteiger partial charge in [0.1, 0.15) is 12.4 Å². The molecule has 0 unspecified atom stereocenters. The Hall–Kier alpha value is -0.620. The van der Waals surface area contributed by atoms with Crippen molar-refractivity contribution in [3.8, 4) is 5.75 Å². The second-order valence-electron chi connectivity index (χ2n) is 3.57. The maximum Gasteiger partial charge on any atom is 0.191 e. The molecule has 0 aliphatic heterocycles. The molecule has 18 heavy (non-hydrogen) atoms. The Balaban J connectivity index is 2.55. The first-order valence-electron chi connectivity index (χ1n) is 5.96. The molecule has 1 rings (SSSR count). The van der Waals surface area contributed by atoms with E-state index in [2.05, 4.69) is 15.9 Å². The zero-order valence-electron chi connectivity index (χ0n) is 10.7. The highest BCUT2D eigenvalue weighted by atomic mass is 79.9. The average molecular weight is 319 g/mol. The fourth-order valence-electron chi connectivity index (χ4n) is 1.43. The number of benzene rings is 1. The molecule has 0 amide bonds. The van der Waals surface area contributed by atoms with Gasteiger partial charge in [-0.15, -0.1) is 0 Å². The molecule has 0 fully saturated rings. The van der Waals surface area contributed by atoms with E-state index in [4.69, 9.17) is 19.3 Å². The lowest BCUT2D eigenvalue weighted by atomic mass is 10.2. The largest absolute Gasteiger partial charge is 0.487 e. The second kappa shape index (κ2) is 8.48. The molecule has 0 saturated heterocycles. The van der Waals surface area contributed by atoms with E-state index < -0.39 is 0 Å².